The molecule has 0 spiro atoms. The van der Waals surface area contributed by atoms with E-state index >= 15 is 0 Å². The molecule has 0 aliphatic rings. The normalized spacial score (nSPS) is 10.6. The van der Waals surface area contributed by atoms with Crippen molar-refractivity contribution in [3.05, 3.63) is 92.0 Å². The molecule has 3 rings (SSSR count). The Kier molecular flexibility index (Phi) is 6.72. The summed E-state index contributed by atoms with van der Waals surface area (Å²) in [5.41, 5.74) is 0.904. The molecule has 0 fully saturated rings. The van der Waals surface area contributed by atoms with E-state index in [1.165, 1.54) is 36.4 Å². The number of carbonyl (C=O) groups is 2. The van der Waals surface area contributed by atoms with Crippen LogP contribution in [-0.2, 0) is 4.84 Å². The van der Waals surface area contributed by atoms with Crippen molar-refractivity contribution in [2.75, 3.05) is 5.48 Å². The zero-order chi connectivity index (χ0) is 24.8. The van der Waals surface area contributed by atoms with Gasteiger partial charge in [0.2, 0.25) is 0 Å². The number of hydrogen-bond acceptors (Lipinski definition) is 11. The molecule has 14 heteroatoms. The maximum Gasteiger partial charge on any atom is 0.363 e. The number of rotatable bonds is 7. The van der Waals surface area contributed by atoms with Crippen LogP contribution in [0.15, 0.2) is 70.9 Å². The third-order valence-electron chi connectivity index (χ3n) is 4.16. The molecule has 172 valence electrons. The van der Waals surface area contributed by atoms with Crippen molar-refractivity contribution < 1.29 is 34.5 Å². The molecule has 3 aromatic rings. The SMILES string of the molecule is O=C(ONc1ccc(N=NC(=O)c2ccc(O)cc2O)cc1)c1cc([N+](=O)[O-])cc([N+](=O)[O-])c1. The molecule has 3 N–H and O–H groups in total. The van der Waals surface area contributed by atoms with Crippen LogP contribution in [0.2, 0.25) is 0 Å². The lowest BCUT2D eigenvalue weighted by molar-refractivity contribution is -0.394. The van der Waals surface area contributed by atoms with Gasteiger partial charge in [-0.15, -0.1) is 10.2 Å². The number of aromatic hydroxyl groups is 2. The van der Waals surface area contributed by atoms with Gasteiger partial charge in [0.1, 0.15) is 11.5 Å². The van der Waals surface area contributed by atoms with Gasteiger partial charge in [-0.05, 0) is 36.4 Å². The van der Waals surface area contributed by atoms with Gasteiger partial charge in [-0.2, -0.15) is 0 Å². The van der Waals surface area contributed by atoms with Gasteiger partial charge in [0.05, 0.1) is 38.4 Å². The molecule has 0 atom stereocenters. The van der Waals surface area contributed by atoms with Crippen molar-refractivity contribution >= 4 is 34.6 Å². The molecule has 0 saturated carbocycles. The summed E-state index contributed by atoms with van der Waals surface area (Å²) < 4.78 is 0. The molecular formula is C20H13N5O9. The summed E-state index contributed by atoms with van der Waals surface area (Å²) in [6.07, 6.45) is 0. The van der Waals surface area contributed by atoms with Gasteiger partial charge in [-0.25, -0.2) is 10.3 Å². The van der Waals surface area contributed by atoms with Gasteiger partial charge >= 0.3 is 5.97 Å². The molecule has 0 heterocycles. The smallest absolute Gasteiger partial charge is 0.363 e. The van der Waals surface area contributed by atoms with Crippen LogP contribution >= 0.6 is 0 Å². The first kappa shape index (κ1) is 23.3. The fourth-order valence-electron chi connectivity index (χ4n) is 2.54. The summed E-state index contributed by atoms with van der Waals surface area (Å²) in [6, 6.07) is 11.4. The summed E-state index contributed by atoms with van der Waals surface area (Å²) in [7, 11) is 0. The standard InChI is InChI=1S/C20H13N5O9/c26-16-5-6-17(18(27)10-16)19(28)22-21-12-1-3-13(4-2-12)23-34-20(29)11-7-14(24(30)31)9-15(8-11)25(32)33/h1-10,23,26-27H. The largest absolute Gasteiger partial charge is 0.508 e. The van der Waals surface area contributed by atoms with Gasteiger partial charge in [-0.3, -0.25) is 25.0 Å². The zero-order valence-electron chi connectivity index (χ0n) is 16.8. The Balaban J connectivity index is 1.64. The highest BCUT2D eigenvalue weighted by Gasteiger charge is 2.21. The molecule has 3 aromatic carbocycles. The Morgan fingerprint density at radius 3 is 2.06 bits per heavy atom. The second-order valence-electron chi connectivity index (χ2n) is 6.50. The Hall–Kier alpha value is -5.40. The number of nitrogens with one attached hydrogen (secondary N) is 1. The third-order valence-corrected chi connectivity index (χ3v) is 4.16. The molecular weight excluding hydrogens is 454 g/mol. The minimum Gasteiger partial charge on any atom is -0.508 e. The van der Waals surface area contributed by atoms with Gasteiger partial charge in [-0.1, -0.05) is 0 Å². The highest BCUT2D eigenvalue weighted by atomic mass is 16.7. The fraction of sp³-hybridized carbons (Fsp3) is 0. The average Bonchev–Trinajstić information content (AvgIpc) is 2.81. The summed E-state index contributed by atoms with van der Waals surface area (Å²) in [6.45, 7) is 0. The number of phenolic OH excluding ortho intramolecular Hbond substituents is 2. The first-order valence-electron chi connectivity index (χ1n) is 9.13. The van der Waals surface area contributed by atoms with Crippen LogP contribution in [0, 0.1) is 20.2 Å². The first-order chi connectivity index (χ1) is 16.1. The third kappa shape index (κ3) is 5.64. The molecule has 0 aromatic heterocycles. The van der Waals surface area contributed by atoms with Crippen LogP contribution in [0.25, 0.3) is 0 Å². The van der Waals surface area contributed by atoms with Crippen LogP contribution in [-0.4, -0.2) is 31.9 Å². The van der Waals surface area contributed by atoms with E-state index in [4.69, 9.17) is 4.84 Å². The molecule has 14 nitrogen and oxygen atoms in total. The predicted octanol–water partition coefficient (Wildman–Crippen LogP) is 4.02. The molecule has 0 aliphatic heterocycles. The van der Waals surface area contributed by atoms with Crippen molar-refractivity contribution in [1.82, 2.24) is 0 Å². The molecule has 0 unspecified atom stereocenters. The minimum atomic E-state index is -1.10. The van der Waals surface area contributed by atoms with Crippen LogP contribution in [0.5, 0.6) is 11.5 Å². The first-order valence-corrected chi connectivity index (χ1v) is 9.13. The van der Waals surface area contributed by atoms with Gasteiger partial charge in [0.15, 0.2) is 0 Å². The highest BCUT2D eigenvalue weighted by Crippen LogP contribution is 2.25. The Morgan fingerprint density at radius 2 is 1.50 bits per heavy atom. The topological polar surface area (TPSA) is 207 Å². The van der Waals surface area contributed by atoms with Gasteiger partial charge in [0.25, 0.3) is 17.3 Å². The summed E-state index contributed by atoms with van der Waals surface area (Å²) in [5, 5.41) is 48.0. The van der Waals surface area contributed by atoms with Gasteiger partial charge in [0, 0.05) is 18.2 Å². The van der Waals surface area contributed by atoms with Crippen molar-refractivity contribution in [2.24, 2.45) is 10.2 Å². The van der Waals surface area contributed by atoms with E-state index in [2.05, 4.69) is 15.7 Å². The van der Waals surface area contributed by atoms with E-state index in [1.807, 2.05) is 0 Å². The summed E-state index contributed by atoms with van der Waals surface area (Å²) >= 11 is 0. The lowest BCUT2D eigenvalue weighted by atomic mass is 10.2. The number of azo groups is 1. The number of amides is 1. The van der Waals surface area contributed by atoms with E-state index < -0.39 is 44.4 Å². The molecule has 0 saturated heterocycles. The van der Waals surface area contributed by atoms with Crippen molar-refractivity contribution in [3.8, 4) is 11.5 Å². The summed E-state index contributed by atoms with van der Waals surface area (Å²) in [5.74, 6) is -2.63. The number of carbonyl (C=O) groups excluding carboxylic acids is 2. The van der Waals surface area contributed by atoms with Crippen molar-refractivity contribution in [2.45, 2.75) is 0 Å². The number of nitro benzene ring substituents is 2. The van der Waals surface area contributed by atoms with Crippen LogP contribution in [0.3, 0.4) is 0 Å². The van der Waals surface area contributed by atoms with Crippen LogP contribution in [0.4, 0.5) is 22.7 Å². The maximum atomic E-state index is 12.2. The lowest BCUT2D eigenvalue weighted by Gasteiger charge is -2.07. The number of nitro groups is 2. The average molecular weight is 467 g/mol. The second kappa shape index (κ2) is 9.82. The zero-order valence-corrected chi connectivity index (χ0v) is 16.8. The van der Waals surface area contributed by atoms with Crippen molar-refractivity contribution in [3.63, 3.8) is 0 Å². The van der Waals surface area contributed by atoms with E-state index in [1.54, 1.807) is 0 Å². The van der Waals surface area contributed by atoms with Crippen molar-refractivity contribution in [1.29, 1.82) is 0 Å². The van der Waals surface area contributed by atoms with Gasteiger partial charge < -0.3 is 15.1 Å². The lowest BCUT2D eigenvalue weighted by Crippen LogP contribution is -2.11. The number of hydrogen-bond donors (Lipinski definition) is 3. The molecule has 0 aliphatic carbocycles. The Bertz CT molecular complexity index is 1290. The number of anilines is 1. The Morgan fingerprint density at radius 1 is 0.882 bits per heavy atom. The van der Waals surface area contributed by atoms with Crippen LogP contribution in [0.1, 0.15) is 20.7 Å². The quantitative estimate of drug-likeness (QED) is 0.258. The van der Waals surface area contributed by atoms with E-state index in [0.29, 0.717) is 6.07 Å². The molecule has 1 amide bonds. The monoisotopic (exact) mass is 467 g/mol. The molecule has 0 radical (unpaired) electrons. The molecule has 34 heavy (non-hydrogen) atoms. The fourth-order valence-corrected chi connectivity index (χ4v) is 2.54. The van der Waals surface area contributed by atoms with E-state index in [-0.39, 0.29) is 22.7 Å². The number of nitrogens with zero attached hydrogens (tertiary/aromatic N) is 4. The van der Waals surface area contributed by atoms with E-state index in [9.17, 15) is 40.0 Å². The second-order valence-corrected chi connectivity index (χ2v) is 6.50. The minimum absolute atomic E-state index is 0.159. The summed E-state index contributed by atoms with van der Waals surface area (Å²) in [4.78, 5) is 49.1. The van der Waals surface area contributed by atoms with E-state index in [0.717, 1.165) is 18.2 Å². The number of non-ortho nitro benzene ring substituents is 2. The predicted molar refractivity (Wildman–Crippen MR) is 114 cm³/mol. The van der Waals surface area contributed by atoms with Crippen LogP contribution < -0.4 is 5.48 Å². The Labute approximate surface area is 189 Å². The highest BCUT2D eigenvalue weighted by molar-refractivity contribution is 5.97. The number of benzene rings is 3. The number of phenols is 2. The molecule has 0 bridgehead atoms. The maximum absolute atomic E-state index is 12.2.